The maximum atomic E-state index is 9.16. The average molecular weight is 182 g/mol. The van der Waals surface area contributed by atoms with Crippen molar-refractivity contribution in [3.05, 3.63) is 0 Å². The third-order valence-electron chi connectivity index (χ3n) is 1.85. The van der Waals surface area contributed by atoms with Crippen LogP contribution >= 0.6 is 0 Å². The first-order valence-corrected chi connectivity index (χ1v) is 4.80. The second-order valence-electron chi connectivity index (χ2n) is 5.62. The SMILES string of the molecule is CC(C)(C)C#CC(CO)C(C)(C)C. The van der Waals surface area contributed by atoms with Crippen molar-refractivity contribution in [3.63, 3.8) is 0 Å². The zero-order valence-electron chi connectivity index (χ0n) is 9.73. The Morgan fingerprint density at radius 1 is 1.08 bits per heavy atom. The number of hydrogen-bond donors (Lipinski definition) is 1. The van der Waals surface area contributed by atoms with Crippen molar-refractivity contribution in [3.8, 4) is 11.8 Å². The number of aliphatic hydroxyl groups is 1. The molecule has 0 heterocycles. The van der Waals surface area contributed by atoms with E-state index < -0.39 is 0 Å². The Labute approximate surface area is 82.5 Å². The zero-order chi connectivity index (χ0) is 10.7. The first-order chi connectivity index (χ1) is 5.67. The van der Waals surface area contributed by atoms with E-state index in [1.165, 1.54) is 0 Å². The smallest absolute Gasteiger partial charge is 0.0574 e. The molecule has 0 aromatic rings. The van der Waals surface area contributed by atoms with Crippen LogP contribution in [0.4, 0.5) is 0 Å². The molecule has 1 unspecified atom stereocenters. The average Bonchev–Trinajstić information content (AvgIpc) is 1.82. The molecule has 13 heavy (non-hydrogen) atoms. The lowest BCUT2D eigenvalue weighted by atomic mass is 9.81. The van der Waals surface area contributed by atoms with Crippen LogP contribution < -0.4 is 0 Å². The van der Waals surface area contributed by atoms with E-state index in [9.17, 15) is 0 Å². The molecule has 0 bridgehead atoms. The minimum atomic E-state index is 0.0265. The fourth-order valence-electron chi connectivity index (χ4n) is 0.840. The number of hydrogen-bond acceptors (Lipinski definition) is 1. The van der Waals surface area contributed by atoms with Crippen LogP contribution in [0.2, 0.25) is 0 Å². The Kier molecular flexibility index (Phi) is 4.00. The molecule has 1 N–H and O–H groups in total. The minimum Gasteiger partial charge on any atom is -0.395 e. The van der Waals surface area contributed by atoms with Crippen molar-refractivity contribution < 1.29 is 5.11 Å². The molecule has 1 atom stereocenters. The van der Waals surface area contributed by atoms with Gasteiger partial charge in [-0.2, -0.15) is 0 Å². The topological polar surface area (TPSA) is 20.2 Å². The Morgan fingerprint density at radius 2 is 1.54 bits per heavy atom. The first-order valence-electron chi connectivity index (χ1n) is 4.80. The van der Waals surface area contributed by atoms with Crippen molar-refractivity contribution in [2.45, 2.75) is 41.5 Å². The Hall–Kier alpha value is -0.480. The molecule has 0 aromatic heterocycles. The summed E-state index contributed by atoms with van der Waals surface area (Å²) in [6.45, 7) is 12.7. The van der Waals surface area contributed by atoms with Gasteiger partial charge in [0, 0.05) is 11.3 Å². The van der Waals surface area contributed by atoms with E-state index in [1.54, 1.807) is 0 Å². The van der Waals surface area contributed by atoms with Crippen LogP contribution in [-0.2, 0) is 0 Å². The van der Waals surface area contributed by atoms with Gasteiger partial charge in [-0.3, -0.25) is 0 Å². The lowest BCUT2D eigenvalue weighted by Gasteiger charge is -2.24. The fraction of sp³-hybridized carbons (Fsp3) is 0.833. The lowest BCUT2D eigenvalue weighted by molar-refractivity contribution is 0.173. The standard InChI is InChI=1S/C12H22O/c1-11(2,3)8-7-10(9-13)12(4,5)6/h10,13H,9H2,1-6H3. The molecule has 0 spiro atoms. The highest BCUT2D eigenvalue weighted by Gasteiger charge is 2.22. The van der Waals surface area contributed by atoms with Gasteiger partial charge in [0.05, 0.1) is 6.61 Å². The van der Waals surface area contributed by atoms with Crippen LogP contribution in [0.25, 0.3) is 0 Å². The largest absolute Gasteiger partial charge is 0.395 e. The van der Waals surface area contributed by atoms with Gasteiger partial charge >= 0.3 is 0 Å². The maximum absolute atomic E-state index is 9.16. The molecule has 0 amide bonds. The van der Waals surface area contributed by atoms with Gasteiger partial charge in [-0.25, -0.2) is 0 Å². The van der Waals surface area contributed by atoms with Gasteiger partial charge in [0.2, 0.25) is 0 Å². The molecule has 0 radical (unpaired) electrons. The van der Waals surface area contributed by atoms with Gasteiger partial charge in [0.15, 0.2) is 0 Å². The van der Waals surface area contributed by atoms with Gasteiger partial charge < -0.3 is 5.11 Å². The second kappa shape index (κ2) is 4.15. The van der Waals surface area contributed by atoms with Gasteiger partial charge in [-0.15, -0.1) is 0 Å². The van der Waals surface area contributed by atoms with Crippen molar-refractivity contribution in [2.24, 2.45) is 16.7 Å². The van der Waals surface area contributed by atoms with E-state index in [2.05, 4.69) is 53.4 Å². The quantitative estimate of drug-likeness (QED) is 0.618. The van der Waals surface area contributed by atoms with E-state index in [4.69, 9.17) is 5.11 Å². The van der Waals surface area contributed by atoms with E-state index in [0.717, 1.165) is 0 Å². The summed E-state index contributed by atoms with van der Waals surface area (Å²) in [6.07, 6.45) is 0. The van der Waals surface area contributed by atoms with E-state index in [-0.39, 0.29) is 23.4 Å². The van der Waals surface area contributed by atoms with E-state index in [1.807, 2.05) is 0 Å². The Balaban J connectivity index is 4.53. The molecule has 0 saturated carbocycles. The van der Waals surface area contributed by atoms with Gasteiger partial charge in [0.1, 0.15) is 0 Å². The minimum absolute atomic E-state index is 0.0265. The highest BCUT2D eigenvalue weighted by molar-refractivity contribution is 5.12. The monoisotopic (exact) mass is 182 g/mol. The lowest BCUT2D eigenvalue weighted by Crippen LogP contribution is -2.22. The molecule has 0 aliphatic heterocycles. The molecule has 76 valence electrons. The van der Waals surface area contributed by atoms with Crippen LogP contribution in [0.5, 0.6) is 0 Å². The van der Waals surface area contributed by atoms with Gasteiger partial charge in [-0.1, -0.05) is 32.6 Å². The van der Waals surface area contributed by atoms with Crippen LogP contribution in [0, 0.1) is 28.6 Å². The maximum Gasteiger partial charge on any atom is 0.0574 e. The van der Waals surface area contributed by atoms with E-state index >= 15 is 0 Å². The molecule has 0 rings (SSSR count). The number of rotatable bonds is 1. The molecular formula is C12H22O. The Bertz CT molecular complexity index is 204. The summed E-state index contributed by atoms with van der Waals surface area (Å²) in [4.78, 5) is 0. The fourth-order valence-corrected chi connectivity index (χ4v) is 0.840. The first kappa shape index (κ1) is 12.5. The van der Waals surface area contributed by atoms with Crippen molar-refractivity contribution in [2.75, 3.05) is 6.61 Å². The van der Waals surface area contributed by atoms with Crippen molar-refractivity contribution in [1.29, 1.82) is 0 Å². The predicted octanol–water partition coefficient (Wildman–Crippen LogP) is 2.69. The third kappa shape index (κ3) is 5.71. The molecule has 1 heteroatoms. The van der Waals surface area contributed by atoms with Gasteiger partial charge in [-0.05, 0) is 26.2 Å². The van der Waals surface area contributed by atoms with Crippen LogP contribution in [0.3, 0.4) is 0 Å². The summed E-state index contributed by atoms with van der Waals surface area (Å²) >= 11 is 0. The van der Waals surface area contributed by atoms with Crippen molar-refractivity contribution in [1.82, 2.24) is 0 Å². The summed E-state index contributed by atoms with van der Waals surface area (Å²) in [5.41, 5.74) is 0.0890. The van der Waals surface area contributed by atoms with Gasteiger partial charge in [0.25, 0.3) is 0 Å². The van der Waals surface area contributed by atoms with E-state index in [0.29, 0.717) is 0 Å². The third-order valence-corrected chi connectivity index (χ3v) is 1.85. The predicted molar refractivity (Wildman–Crippen MR) is 57.3 cm³/mol. The summed E-state index contributed by atoms with van der Waals surface area (Å²) in [5, 5.41) is 9.16. The van der Waals surface area contributed by atoms with Crippen LogP contribution in [-0.4, -0.2) is 11.7 Å². The van der Waals surface area contributed by atoms with Crippen LogP contribution in [0.1, 0.15) is 41.5 Å². The summed E-state index contributed by atoms with van der Waals surface area (Å²) in [7, 11) is 0. The molecule has 0 aliphatic rings. The summed E-state index contributed by atoms with van der Waals surface area (Å²) in [6, 6.07) is 0. The normalized spacial score (nSPS) is 14.7. The van der Waals surface area contributed by atoms with Crippen molar-refractivity contribution >= 4 is 0 Å². The highest BCUT2D eigenvalue weighted by Crippen LogP contribution is 2.25. The number of aliphatic hydroxyl groups excluding tert-OH is 1. The molecule has 0 aromatic carbocycles. The molecule has 1 nitrogen and oxygen atoms in total. The molecule has 0 fully saturated rings. The summed E-state index contributed by atoms with van der Waals surface area (Å²) in [5.74, 6) is 6.39. The summed E-state index contributed by atoms with van der Waals surface area (Å²) < 4.78 is 0. The zero-order valence-corrected chi connectivity index (χ0v) is 9.73. The van der Waals surface area contributed by atoms with Crippen LogP contribution in [0.15, 0.2) is 0 Å². The molecule has 0 saturated heterocycles. The highest BCUT2D eigenvalue weighted by atomic mass is 16.3. The molecule has 0 aliphatic carbocycles. The second-order valence-corrected chi connectivity index (χ2v) is 5.62. The Morgan fingerprint density at radius 3 is 1.77 bits per heavy atom. The molecular weight excluding hydrogens is 160 g/mol.